The van der Waals surface area contributed by atoms with Gasteiger partial charge in [-0.25, -0.2) is 9.59 Å². The average molecular weight is 734 g/mol. The number of allylic oxidation sites excluding steroid dienone is 1. The monoisotopic (exact) mass is 734 g/mol. The van der Waals surface area contributed by atoms with Crippen molar-refractivity contribution in [2.75, 3.05) is 20.3 Å². The Hall–Kier alpha value is -3.74. The van der Waals surface area contributed by atoms with Gasteiger partial charge in [0, 0.05) is 19.9 Å². The molecule has 53 heavy (non-hydrogen) atoms. The first kappa shape index (κ1) is 47.3. The van der Waals surface area contributed by atoms with Crippen molar-refractivity contribution >= 4 is 23.8 Å². The highest BCUT2D eigenvalue weighted by Gasteiger charge is 2.48. The Morgan fingerprint density at radius 1 is 0.736 bits per heavy atom. The number of nitrogens with zero attached hydrogens (tertiary/aromatic N) is 1. The Balaban J connectivity index is 0.000000514. The van der Waals surface area contributed by atoms with Crippen molar-refractivity contribution in [2.24, 2.45) is 33.5 Å². The second-order valence-electron chi connectivity index (χ2n) is 18.2. The van der Waals surface area contributed by atoms with E-state index in [0.717, 1.165) is 29.5 Å². The van der Waals surface area contributed by atoms with Gasteiger partial charge in [-0.15, -0.1) is 0 Å². The minimum absolute atomic E-state index is 0.0129. The van der Waals surface area contributed by atoms with Crippen molar-refractivity contribution in [1.82, 2.24) is 4.90 Å². The summed E-state index contributed by atoms with van der Waals surface area (Å²) >= 11 is 0. The van der Waals surface area contributed by atoms with Crippen LogP contribution in [-0.4, -0.2) is 48.9 Å². The predicted molar refractivity (Wildman–Crippen MR) is 218 cm³/mol. The van der Waals surface area contributed by atoms with E-state index in [1.807, 2.05) is 58.9 Å². The molecule has 2 atom stereocenters. The van der Waals surface area contributed by atoms with Crippen LogP contribution in [0.4, 0.5) is 0 Å². The van der Waals surface area contributed by atoms with E-state index < -0.39 is 0 Å². The smallest absolute Gasteiger partial charge is 0.338 e. The van der Waals surface area contributed by atoms with Crippen molar-refractivity contribution in [1.29, 1.82) is 0 Å². The molecular weight excluding hydrogens is 663 g/mol. The van der Waals surface area contributed by atoms with Crippen LogP contribution in [0, 0.1) is 47.3 Å². The van der Waals surface area contributed by atoms with Gasteiger partial charge in [-0.05, 0) is 91.9 Å². The molecule has 0 aromatic heterocycles. The minimum atomic E-state index is -0.366. The summed E-state index contributed by atoms with van der Waals surface area (Å²) in [6, 6.07) is 14.4. The first-order valence-corrected chi connectivity index (χ1v) is 19.3. The molecule has 3 rings (SSSR count). The van der Waals surface area contributed by atoms with Crippen LogP contribution in [0.15, 0.2) is 60.7 Å². The zero-order valence-corrected chi connectivity index (χ0v) is 35.8. The van der Waals surface area contributed by atoms with Gasteiger partial charge >= 0.3 is 11.9 Å². The van der Waals surface area contributed by atoms with Crippen LogP contribution in [0.5, 0.6) is 0 Å². The summed E-state index contributed by atoms with van der Waals surface area (Å²) in [5, 5.41) is 0. The number of rotatable bonds is 14. The third kappa shape index (κ3) is 16.0. The molecule has 1 saturated heterocycles. The predicted octanol–water partition coefficient (Wildman–Crippen LogP) is 11.2. The normalized spacial score (nSPS) is 15.5. The highest BCUT2D eigenvalue weighted by atomic mass is 16.5. The van der Waals surface area contributed by atoms with Crippen molar-refractivity contribution in [2.45, 2.75) is 129 Å². The van der Waals surface area contributed by atoms with Gasteiger partial charge in [0.2, 0.25) is 11.8 Å². The van der Waals surface area contributed by atoms with Crippen LogP contribution in [0.3, 0.4) is 0 Å². The van der Waals surface area contributed by atoms with E-state index in [4.69, 9.17) is 9.47 Å². The van der Waals surface area contributed by atoms with Gasteiger partial charge in [-0.2, -0.15) is 0 Å². The maximum Gasteiger partial charge on any atom is 0.338 e. The molecule has 7 heteroatoms. The fourth-order valence-electron chi connectivity index (χ4n) is 8.73. The molecule has 0 radical (unpaired) electrons. The van der Waals surface area contributed by atoms with Crippen molar-refractivity contribution in [3.63, 3.8) is 0 Å². The van der Waals surface area contributed by atoms with Crippen LogP contribution >= 0.6 is 0 Å². The van der Waals surface area contributed by atoms with E-state index in [1.54, 1.807) is 31.3 Å². The molecule has 0 spiro atoms. The Morgan fingerprint density at radius 3 is 1.47 bits per heavy atom. The first-order valence-electron chi connectivity index (χ1n) is 19.3. The Kier molecular flexibility index (Phi) is 17.9. The molecule has 1 fully saturated rings. The fraction of sp³-hybridized carbons (Fsp3) is 0.609. The molecule has 296 valence electrons. The number of imide groups is 1. The lowest BCUT2D eigenvalue weighted by molar-refractivity contribution is -0.138. The number of aryl methyl sites for hydroxylation is 2. The molecule has 7 nitrogen and oxygen atoms in total. The van der Waals surface area contributed by atoms with Crippen molar-refractivity contribution < 1.29 is 28.7 Å². The first-order chi connectivity index (χ1) is 24.3. The van der Waals surface area contributed by atoms with E-state index >= 15 is 0 Å². The van der Waals surface area contributed by atoms with E-state index in [0.29, 0.717) is 29.4 Å². The highest BCUT2D eigenvalue weighted by molar-refractivity contribution is 6.03. The van der Waals surface area contributed by atoms with Crippen LogP contribution < -0.4 is 0 Å². The third-order valence-electron chi connectivity index (χ3n) is 9.42. The molecule has 1 heterocycles. The summed E-state index contributed by atoms with van der Waals surface area (Å²) < 4.78 is 10.3. The number of ether oxygens (including phenoxy) is 2. The number of hydrogen-bond donors (Lipinski definition) is 0. The lowest BCUT2D eigenvalue weighted by Crippen LogP contribution is -2.39. The Morgan fingerprint density at radius 2 is 1.13 bits per heavy atom. The minimum Gasteiger partial charge on any atom is -0.462 e. The fourth-order valence-corrected chi connectivity index (χ4v) is 8.73. The van der Waals surface area contributed by atoms with Gasteiger partial charge in [0.15, 0.2) is 0 Å². The molecule has 0 saturated carbocycles. The molecular formula is C46H71NO6. The number of hydrogen-bond acceptors (Lipinski definition) is 6. The Bertz CT molecular complexity index is 1450. The summed E-state index contributed by atoms with van der Waals surface area (Å²) in [7, 11) is 1.60. The van der Waals surface area contributed by atoms with E-state index in [2.05, 4.69) is 68.9 Å². The van der Waals surface area contributed by atoms with Gasteiger partial charge < -0.3 is 9.47 Å². The molecule has 1 aliphatic heterocycles. The van der Waals surface area contributed by atoms with Crippen molar-refractivity contribution in [3.8, 4) is 0 Å². The lowest BCUT2D eigenvalue weighted by atomic mass is 9.59. The third-order valence-corrected chi connectivity index (χ3v) is 9.42. The SMILES string of the molecule is C=C(C)C(C1CC(=O)N(C)C1=O)C(C)(C)CC(C)(C)CC(C)(C)CC(C)(C)C.CC.Cc1ccc(C(=O)OCCCOC(=O)c2ccc(C)cc2)cc1. The molecule has 2 aromatic carbocycles. The summed E-state index contributed by atoms with van der Waals surface area (Å²) in [6.07, 6.45) is 4.07. The van der Waals surface area contributed by atoms with Crippen LogP contribution in [-0.2, 0) is 19.1 Å². The maximum absolute atomic E-state index is 12.7. The van der Waals surface area contributed by atoms with Crippen LogP contribution in [0.1, 0.15) is 147 Å². The number of esters is 2. The number of carbonyl (C=O) groups is 4. The second-order valence-corrected chi connectivity index (χ2v) is 18.2. The number of likely N-dealkylation sites (tertiary alicyclic amines) is 1. The zero-order chi connectivity index (χ0) is 40.9. The van der Waals surface area contributed by atoms with E-state index in [1.165, 1.54) is 11.3 Å². The molecule has 2 unspecified atom stereocenters. The molecule has 2 aromatic rings. The summed E-state index contributed by atoms with van der Waals surface area (Å²) in [5.41, 5.74) is 4.79. The second kappa shape index (κ2) is 20.1. The number of carbonyl (C=O) groups excluding carboxylic acids is 4. The lowest BCUT2D eigenvalue weighted by Gasteiger charge is -2.46. The van der Waals surface area contributed by atoms with Gasteiger partial charge in [-0.1, -0.05) is 124 Å². The molecule has 0 bridgehead atoms. The molecule has 2 amide bonds. The van der Waals surface area contributed by atoms with E-state index in [9.17, 15) is 19.2 Å². The summed E-state index contributed by atoms with van der Waals surface area (Å²) in [5.74, 6) is -1.11. The van der Waals surface area contributed by atoms with Crippen LogP contribution in [0.25, 0.3) is 0 Å². The van der Waals surface area contributed by atoms with Gasteiger partial charge in [-0.3, -0.25) is 14.5 Å². The zero-order valence-electron chi connectivity index (χ0n) is 35.8. The van der Waals surface area contributed by atoms with E-state index in [-0.39, 0.29) is 65.0 Å². The summed E-state index contributed by atoms with van der Waals surface area (Å²) in [6.45, 7) is 35.4. The van der Waals surface area contributed by atoms with Gasteiger partial charge in [0.25, 0.3) is 0 Å². The molecule has 1 aliphatic rings. The standard InChI is InChI=1S/C25H45NO2.C19H20O4.C2H6/c1-17(2)20(18-13-19(27)26(12)21(18)28)25(10,11)16-24(8,9)15-23(6,7)14-22(3,4)5;1-14-4-8-16(9-5-14)18(20)22-12-3-13-23-19(21)17-10-6-15(2)7-11-17;1-2/h18,20H,1,13-16H2,2-12H3;4-11H,3,12-13H2,1-2H3;1-2H3. The number of benzene rings is 2. The van der Waals surface area contributed by atoms with Gasteiger partial charge in [0.05, 0.1) is 30.3 Å². The highest BCUT2D eigenvalue weighted by Crippen LogP contribution is 2.51. The van der Waals surface area contributed by atoms with Crippen molar-refractivity contribution in [3.05, 3.63) is 82.9 Å². The quantitative estimate of drug-likeness (QED) is 0.0831. The average Bonchev–Trinajstić information content (AvgIpc) is 3.26. The topological polar surface area (TPSA) is 90.0 Å². The van der Waals surface area contributed by atoms with Gasteiger partial charge in [0.1, 0.15) is 0 Å². The molecule has 0 N–H and O–H groups in total. The Labute approximate surface area is 322 Å². The largest absolute Gasteiger partial charge is 0.462 e. The summed E-state index contributed by atoms with van der Waals surface area (Å²) in [4.78, 5) is 49.7. The number of amides is 2. The molecule has 0 aliphatic carbocycles. The van der Waals surface area contributed by atoms with Crippen LogP contribution in [0.2, 0.25) is 0 Å². The maximum atomic E-state index is 12.7.